The summed E-state index contributed by atoms with van der Waals surface area (Å²) < 4.78 is 45.2. The summed E-state index contributed by atoms with van der Waals surface area (Å²) in [5.41, 5.74) is -1.08. The normalized spacial score (nSPS) is 12.4. The third-order valence-corrected chi connectivity index (χ3v) is 6.05. The lowest BCUT2D eigenvalue weighted by atomic mass is 9.77. The van der Waals surface area contributed by atoms with E-state index in [1.54, 1.807) is 80.6 Å². The van der Waals surface area contributed by atoms with Crippen LogP contribution in [0.15, 0.2) is 91.0 Å². The largest absolute Gasteiger partial charge is 0.478 e. The number of ether oxygens (including phenoxy) is 1. The Morgan fingerprint density at radius 1 is 0.795 bits per heavy atom. The molecule has 4 rings (SSSR count). The van der Waals surface area contributed by atoms with E-state index in [2.05, 4.69) is 15.3 Å². The molecule has 0 fully saturated rings. The molecule has 1 heterocycles. The van der Waals surface area contributed by atoms with Gasteiger partial charge in [0.05, 0.1) is 5.56 Å². The Morgan fingerprint density at radius 2 is 1.28 bits per heavy atom. The van der Waals surface area contributed by atoms with Gasteiger partial charge in [0, 0.05) is 17.0 Å². The fraction of sp³-hybridized carbons (Fsp3) is 0.172. The molecule has 0 bridgehead atoms. The molecule has 3 aromatic carbocycles. The van der Waals surface area contributed by atoms with Crippen molar-refractivity contribution < 1.29 is 32.6 Å². The first kappa shape index (κ1) is 27.3. The van der Waals surface area contributed by atoms with Gasteiger partial charge in [-0.15, -0.1) is 0 Å². The summed E-state index contributed by atoms with van der Waals surface area (Å²) in [6.45, 7) is 3.40. The Balaban J connectivity index is 1.90. The van der Waals surface area contributed by atoms with Gasteiger partial charge in [0.1, 0.15) is 5.54 Å². The molecule has 0 radical (unpaired) electrons. The van der Waals surface area contributed by atoms with E-state index in [4.69, 9.17) is 4.74 Å². The molecule has 39 heavy (non-hydrogen) atoms. The van der Waals surface area contributed by atoms with Crippen molar-refractivity contribution in [1.82, 2.24) is 15.3 Å². The molecule has 0 spiro atoms. The maximum Gasteiger partial charge on any atom is 0.416 e. The van der Waals surface area contributed by atoms with Crippen LogP contribution in [0.25, 0.3) is 0 Å². The lowest BCUT2D eigenvalue weighted by molar-refractivity contribution is -0.149. The number of hydrogen-bond donors (Lipinski definition) is 2. The quantitative estimate of drug-likeness (QED) is 0.317. The average Bonchev–Trinajstić information content (AvgIpc) is 2.90. The number of hydrogen-bond acceptors (Lipinski definition) is 5. The minimum absolute atomic E-state index is 0.106. The fourth-order valence-corrected chi connectivity index (χ4v) is 4.32. The molecular weight excluding hydrogens is 511 g/mol. The van der Waals surface area contributed by atoms with E-state index in [-0.39, 0.29) is 11.6 Å². The number of nitrogens with zero attached hydrogens (tertiary/aromatic N) is 2. The maximum atomic E-state index is 13.6. The van der Waals surface area contributed by atoms with Crippen LogP contribution in [0, 0.1) is 13.8 Å². The second-order valence-electron chi connectivity index (χ2n) is 8.84. The van der Waals surface area contributed by atoms with E-state index in [1.807, 2.05) is 0 Å². The zero-order valence-electron chi connectivity index (χ0n) is 20.9. The van der Waals surface area contributed by atoms with Crippen molar-refractivity contribution in [3.63, 3.8) is 0 Å². The van der Waals surface area contributed by atoms with Gasteiger partial charge in [0.2, 0.25) is 6.10 Å². The number of carboxylic acid groups (broad SMARTS) is 1. The SMILES string of the molecule is Cc1cc(C)nc(OC(C(=O)O)C(NC(=O)c2ccc(C(F)(F)F)cc2)(c2ccccc2)c2ccccc2)n1. The smallest absolute Gasteiger partial charge is 0.416 e. The Kier molecular flexibility index (Phi) is 7.66. The van der Waals surface area contributed by atoms with Gasteiger partial charge in [-0.3, -0.25) is 4.79 Å². The number of aryl methyl sites for hydroxylation is 2. The molecule has 0 saturated carbocycles. The number of carbonyl (C=O) groups excluding carboxylic acids is 1. The predicted molar refractivity (Wildman–Crippen MR) is 136 cm³/mol. The number of alkyl halides is 3. The van der Waals surface area contributed by atoms with Crippen LogP contribution in [0.4, 0.5) is 13.2 Å². The second-order valence-corrected chi connectivity index (χ2v) is 8.84. The van der Waals surface area contributed by atoms with Gasteiger partial charge >= 0.3 is 18.2 Å². The number of aromatic nitrogens is 2. The maximum absolute atomic E-state index is 13.6. The molecule has 1 aromatic heterocycles. The fourth-order valence-electron chi connectivity index (χ4n) is 4.32. The molecule has 0 saturated heterocycles. The summed E-state index contributed by atoms with van der Waals surface area (Å²) in [7, 11) is 0. The number of nitrogens with one attached hydrogen (secondary N) is 1. The molecule has 0 aliphatic rings. The molecule has 4 aromatic rings. The van der Waals surface area contributed by atoms with E-state index >= 15 is 0 Å². The Labute approximate surface area is 222 Å². The number of amides is 1. The third-order valence-electron chi connectivity index (χ3n) is 6.05. The van der Waals surface area contributed by atoms with Crippen molar-refractivity contribution >= 4 is 11.9 Å². The molecule has 0 aliphatic heterocycles. The van der Waals surface area contributed by atoms with Crippen molar-refractivity contribution in [2.24, 2.45) is 0 Å². The summed E-state index contributed by atoms with van der Waals surface area (Å²) in [4.78, 5) is 34.9. The van der Waals surface area contributed by atoms with Crippen molar-refractivity contribution in [1.29, 1.82) is 0 Å². The van der Waals surface area contributed by atoms with Crippen molar-refractivity contribution in [3.05, 3.63) is 125 Å². The molecular formula is C29H24F3N3O4. The number of halogens is 3. The van der Waals surface area contributed by atoms with Gasteiger partial charge in [0.25, 0.3) is 5.91 Å². The first-order valence-electron chi connectivity index (χ1n) is 11.8. The summed E-state index contributed by atoms with van der Waals surface area (Å²) in [6, 6.07) is 21.8. The molecule has 2 N–H and O–H groups in total. The lowest BCUT2D eigenvalue weighted by Gasteiger charge is -2.39. The zero-order chi connectivity index (χ0) is 28.2. The van der Waals surface area contributed by atoms with Crippen LogP contribution in [-0.2, 0) is 16.5 Å². The van der Waals surface area contributed by atoms with Gasteiger partial charge < -0.3 is 15.2 Å². The van der Waals surface area contributed by atoms with Crippen molar-refractivity contribution in [2.45, 2.75) is 31.7 Å². The molecule has 1 amide bonds. The minimum Gasteiger partial charge on any atom is -0.478 e. The molecule has 200 valence electrons. The molecule has 7 nitrogen and oxygen atoms in total. The molecule has 1 atom stereocenters. The first-order valence-corrected chi connectivity index (χ1v) is 11.8. The number of aliphatic carboxylic acids is 1. The van der Waals surface area contributed by atoms with E-state index in [0.29, 0.717) is 22.5 Å². The summed E-state index contributed by atoms with van der Waals surface area (Å²) >= 11 is 0. The minimum atomic E-state index is -4.58. The lowest BCUT2D eigenvalue weighted by Crippen LogP contribution is -2.60. The van der Waals surface area contributed by atoms with E-state index in [9.17, 15) is 27.9 Å². The van der Waals surface area contributed by atoms with Gasteiger partial charge in [0.15, 0.2) is 0 Å². The highest BCUT2D eigenvalue weighted by Gasteiger charge is 2.50. The summed E-state index contributed by atoms with van der Waals surface area (Å²) in [5.74, 6) is -2.24. The van der Waals surface area contributed by atoms with Crippen LogP contribution in [0.2, 0.25) is 0 Å². The van der Waals surface area contributed by atoms with Crippen LogP contribution in [0.3, 0.4) is 0 Å². The molecule has 1 unspecified atom stereocenters. The topological polar surface area (TPSA) is 101 Å². The highest BCUT2D eigenvalue weighted by molar-refractivity contribution is 5.96. The van der Waals surface area contributed by atoms with E-state index in [1.165, 1.54) is 0 Å². The van der Waals surface area contributed by atoms with Crippen molar-refractivity contribution in [3.8, 4) is 6.01 Å². The highest BCUT2D eigenvalue weighted by atomic mass is 19.4. The van der Waals surface area contributed by atoms with Crippen LogP contribution in [-0.4, -0.2) is 33.1 Å². The zero-order valence-corrected chi connectivity index (χ0v) is 20.9. The van der Waals surface area contributed by atoms with Gasteiger partial charge in [-0.1, -0.05) is 60.7 Å². The Morgan fingerprint density at radius 3 is 1.72 bits per heavy atom. The van der Waals surface area contributed by atoms with Gasteiger partial charge in [-0.25, -0.2) is 14.8 Å². The standard InChI is InChI=1S/C29H24F3N3O4/c1-18-17-19(2)34-27(33-18)39-24(26(37)38)28(21-9-5-3-6-10-21,22-11-7-4-8-12-22)35-25(36)20-13-15-23(16-14-20)29(30,31)32/h3-17,24H,1-2H3,(H,35,36)(H,37,38). The first-order chi connectivity index (χ1) is 18.5. The Hall–Kier alpha value is -4.73. The average molecular weight is 536 g/mol. The molecule has 10 heteroatoms. The second kappa shape index (κ2) is 10.9. The summed E-state index contributed by atoms with van der Waals surface area (Å²) in [5, 5.41) is 13.3. The third kappa shape index (κ3) is 5.90. The van der Waals surface area contributed by atoms with Crippen LogP contribution < -0.4 is 10.1 Å². The van der Waals surface area contributed by atoms with Gasteiger partial charge in [-0.05, 0) is 55.3 Å². The number of rotatable bonds is 8. The van der Waals surface area contributed by atoms with Crippen molar-refractivity contribution in [2.75, 3.05) is 0 Å². The van der Waals surface area contributed by atoms with Crippen LogP contribution in [0.1, 0.15) is 38.4 Å². The number of carboxylic acids is 1. The Bertz CT molecular complexity index is 1400. The molecule has 0 aliphatic carbocycles. The number of benzene rings is 3. The van der Waals surface area contributed by atoms with Gasteiger partial charge in [-0.2, -0.15) is 13.2 Å². The predicted octanol–water partition coefficient (Wildman–Crippen LogP) is 5.32. The van der Waals surface area contributed by atoms with E-state index in [0.717, 1.165) is 24.3 Å². The summed E-state index contributed by atoms with van der Waals surface area (Å²) in [6.07, 6.45) is -6.37. The van der Waals surface area contributed by atoms with Crippen LogP contribution >= 0.6 is 0 Å². The van der Waals surface area contributed by atoms with Crippen LogP contribution in [0.5, 0.6) is 6.01 Å². The van der Waals surface area contributed by atoms with E-state index < -0.39 is 35.3 Å². The number of carbonyl (C=O) groups is 2. The monoisotopic (exact) mass is 535 g/mol. The highest BCUT2D eigenvalue weighted by Crippen LogP contribution is 2.36.